The molecule has 3 aromatic rings. The number of carbonyl (C=O) groups excluding carboxylic acids is 1. The lowest BCUT2D eigenvalue weighted by Crippen LogP contribution is -2.21. The molecule has 28 heavy (non-hydrogen) atoms. The fraction of sp³-hybridized carbons (Fsp3) is 0.286. The summed E-state index contributed by atoms with van der Waals surface area (Å²) in [5.41, 5.74) is 0.960. The van der Waals surface area contributed by atoms with Crippen LogP contribution in [0.1, 0.15) is 52.8 Å². The van der Waals surface area contributed by atoms with Gasteiger partial charge in [-0.3, -0.25) is 4.79 Å². The highest BCUT2D eigenvalue weighted by Crippen LogP contribution is 2.26. The molecule has 0 aliphatic carbocycles. The van der Waals surface area contributed by atoms with Gasteiger partial charge in [-0.25, -0.2) is 4.98 Å². The molecule has 0 unspecified atom stereocenters. The Hall–Kier alpha value is -2.93. The number of aromatic carboxylic acids is 1. The molecule has 7 heteroatoms. The molecule has 2 aromatic heterocycles. The zero-order chi connectivity index (χ0) is 20.1. The number of carboxylic acids is 1. The molecule has 0 saturated carbocycles. The summed E-state index contributed by atoms with van der Waals surface area (Å²) >= 11 is 0.951. The summed E-state index contributed by atoms with van der Waals surface area (Å²) < 4.78 is 5.69. The number of H-pyrrole nitrogens is 1. The number of carboxylic acid groups (broad SMARTS) is 1. The average Bonchev–Trinajstić information content (AvgIpc) is 3.02. The highest BCUT2D eigenvalue weighted by Gasteiger charge is 2.14. The Labute approximate surface area is 166 Å². The summed E-state index contributed by atoms with van der Waals surface area (Å²) in [7, 11) is 0. The van der Waals surface area contributed by atoms with Gasteiger partial charge in [0.2, 0.25) is 0 Å². The van der Waals surface area contributed by atoms with Gasteiger partial charge in [0, 0.05) is 0 Å². The number of carbonyl (C=O) groups is 1. The lowest BCUT2D eigenvalue weighted by atomic mass is 10.2. The maximum absolute atomic E-state index is 12.3. The van der Waals surface area contributed by atoms with E-state index in [4.69, 9.17) is 4.74 Å². The first-order valence-electron chi connectivity index (χ1n) is 9.15. The number of aromatic amines is 1. The van der Waals surface area contributed by atoms with Gasteiger partial charge in [-0.1, -0.05) is 38.0 Å². The van der Waals surface area contributed by atoms with Crippen molar-refractivity contribution in [2.45, 2.75) is 33.1 Å². The van der Waals surface area contributed by atoms with E-state index < -0.39 is 5.97 Å². The molecule has 0 aliphatic rings. The van der Waals surface area contributed by atoms with Crippen molar-refractivity contribution in [1.82, 2.24) is 9.97 Å². The predicted octanol–water partition coefficient (Wildman–Crippen LogP) is 3.40. The fourth-order valence-corrected chi connectivity index (χ4v) is 3.85. The van der Waals surface area contributed by atoms with E-state index >= 15 is 0 Å². The normalized spacial score (nSPS) is 11.4. The zero-order valence-corrected chi connectivity index (χ0v) is 16.6. The van der Waals surface area contributed by atoms with Crippen molar-refractivity contribution in [1.29, 1.82) is 0 Å². The first-order chi connectivity index (χ1) is 13.5. The molecule has 0 spiro atoms. The first kappa shape index (κ1) is 19.8. The second-order valence-corrected chi connectivity index (χ2v) is 7.43. The van der Waals surface area contributed by atoms with Crippen molar-refractivity contribution < 1.29 is 14.6 Å². The number of aryl methyl sites for hydroxylation is 1. The van der Waals surface area contributed by atoms with E-state index in [2.05, 4.69) is 16.9 Å². The molecule has 1 aromatic carbocycles. The number of unbranched alkanes of at least 4 members (excludes halogenated alkanes) is 2. The van der Waals surface area contributed by atoms with Crippen molar-refractivity contribution in [3.05, 3.63) is 56.4 Å². The summed E-state index contributed by atoms with van der Waals surface area (Å²) in [4.78, 5) is 30.9. The highest BCUT2D eigenvalue weighted by atomic mass is 32.1. The summed E-state index contributed by atoms with van der Waals surface area (Å²) in [6, 6.07) is 7.65. The van der Waals surface area contributed by atoms with Crippen LogP contribution in [0.25, 0.3) is 22.4 Å². The summed E-state index contributed by atoms with van der Waals surface area (Å²) in [6.07, 6.45) is 6.87. The minimum atomic E-state index is -1.30. The van der Waals surface area contributed by atoms with E-state index in [1.54, 1.807) is 13.0 Å². The Kier molecular flexibility index (Phi) is 6.26. The fourth-order valence-electron chi connectivity index (χ4n) is 2.83. The first-order valence-corrected chi connectivity index (χ1v) is 9.97. The van der Waals surface area contributed by atoms with Crippen molar-refractivity contribution in [2.24, 2.45) is 0 Å². The van der Waals surface area contributed by atoms with E-state index in [1.807, 2.05) is 30.3 Å². The molecule has 146 valence electrons. The van der Waals surface area contributed by atoms with E-state index in [-0.39, 0.29) is 10.4 Å². The van der Waals surface area contributed by atoms with Crippen LogP contribution >= 0.6 is 11.3 Å². The molecule has 0 bridgehead atoms. The summed E-state index contributed by atoms with van der Waals surface area (Å²) in [6.45, 7) is 4.45. The summed E-state index contributed by atoms with van der Waals surface area (Å²) in [5, 5.41) is 11.5. The van der Waals surface area contributed by atoms with Gasteiger partial charge in [0.25, 0.3) is 5.56 Å². The van der Waals surface area contributed by atoms with Gasteiger partial charge in [0.05, 0.1) is 22.8 Å². The third-order valence-corrected chi connectivity index (χ3v) is 5.50. The lowest BCUT2D eigenvalue weighted by molar-refractivity contribution is -0.254. The van der Waals surface area contributed by atoms with Crippen LogP contribution in [-0.4, -0.2) is 22.5 Å². The molecule has 0 saturated heterocycles. The number of thiophene rings is 1. The SMILES string of the molecule is CCCCCOc1ccc(/C=C/c2nc3sc(C(=O)[O-])c(C)c3c(=O)[nH]2)cc1. The second kappa shape index (κ2) is 8.84. The van der Waals surface area contributed by atoms with E-state index in [0.29, 0.717) is 28.2 Å². The van der Waals surface area contributed by atoms with E-state index in [0.717, 1.165) is 41.9 Å². The van der Waals surface area contributed by atoms with Gasteiger partial charge < -0.3 is 19.6 Å². The number of aromatic nitrogens is 2. The number of hydrogen-bond donors (Lipinski definition) is 1. The van der Waals surface area contributed by atoms with E-state index in [1.165, 1.54) is 0 Å². The molecule has 0 amide bonds. The van der Waals surface area contributed by atoms with Gasteiger partial charge in [-0.05, 0) is 42.7 Å². The predicted molar refractivity (Wildman–Crippen MR) is 110 cm³/mol. The minimum absolute atomic E-state index is 0.0312. The number of fused-ring (bicyclic) bond motifs is 1. The minimum Gasteiger partial charge on any atom is -0.544 e. The van der Waals surface area contributed by atoms with Crippen molar-refractivity contribution >= 4 is 39.7 Å². The molecule has 6 nitrogen and oxygen atoms in total. The smallest absolute Gasteiger partial charge is 0.260 e. The molecule has 1 N–H and O–H groups in total. The monoisotopic (exact) mass is 397 g/mol. The van der Waals surface area contributed by atoms with Gasteiger partial charge in [0.1, 0.15) is 16.4 Å². The summed E-state index contributed by atoms with van der Waals surface area (Å²) in [5.74, 6) is -0.109. The Bertz CT molecular complexity index is 1060. The number of nitrogens with one attached hydrogen (secondary N) is 1. The quantitative estimate of drug-likeness (QED) is 0.588. The Morgan fingerprint density at radius 2 is 2.00 bits per heavy atom. The Morgan fingerprint density at radius 3 is 2.68 bits per heavy atom. The van der Waals surface area contributed by atoms with Gasteiger partial charge >= 0.3 is 0 Å². The lowest BCUT2D eigenvalue weighted by Gasteiger charge is -2.05. The van der Waals surface area contributed by atoms with E-state index in [9.17, 15) is 14.7 Å². The molecule has 0 aliphatic heterocycles. The number of ether oxygens (including phenoxy) is 1. The number of nitrogens with zero attached hydrogens (tertiary/aromatic N) is 1. The largest absolute Gasteiger partial charge is 0.544 e. The maximum Gasteiger partial charge on any atom is 0.260 e. The third kappa shape index (κ3) is 4.48. The zero-order valence-electron chi connectivity index (χ0n) is 15.8. The average molecular weight is 397 g/mol. The van der Waals surface area contributed by atoms with Crippen molar-refractivity contribution in [3.63, 3.8) is 0 Å². The standard InChI is InChI=1S/C21H22N2O4S/c1-3-4-5-12-27-15-9-6-14(7-10-15)8-11-16-22-19(24)17-13(2)18(21(25)26)28-20(17)23-16/h6-11H,3-5,12H2,1-2H3,(H,25,26)(H,22,23,24)/p-1/b11-8+. The van der Waals surface area contributed by atoms with Crippen LogP contribution < -0.4 is 15.4 Å². The van der Waals surface area contributed by atoms with Gasteiger partial charge in [-0.15, -0.1) is 11.3 Å². The van der Waals surface area contributed by atoms with Crippen LogP contribution in [0.5, 0.6) is 5.75 Å². The van der Waals surface area contributed by atoms with Crippen molar-refractivity contribution in [2.75, 3.05) is 6.61 Å². The molecule has 0 fully saturated rings. The Balaban J connectivity index is 1.76. The van der Waals surface area contributed by atoms with Crippen LogP contribution in [0.15, 0.2) is 29.1 Å². The van der Waals surface area contributed by atoms with Crippen molar-refractivity contribution in [3.8, 4) is 5.75 Å². The molecule has 2 heterocycles. The number of rotatable bonds is 8. The van der Waals surface area contributed by atoms with Crippen LogP contribution in [0.3, 0.4) is 0 Å². The van der Waals surface area contributed by atoms with Crippen LogP contribution in [0.2, 0.25) is 0 Å². The number of benzene rings is 1. The molecular weight excluding hydrogens is 376 g/mol. The third-order valence-electron chi connectivity index (χ3n) is 4.33. The molecule has 0 atom stereocenters. The Morgan fingerprint density at radius 1 is 1.25 bits per heavy atom. The van der Waals surface area contributed by atoms with Crippen LogP contribution in [-0.2, 0) is 0 Å². The maximum atomic E-state index is 12.3. The molecular formula is C21H21N2O4S-. The van der Waals surface area contributed by atoms with Gasteiger partial charge in [-0.2, -0.15) is 0 Å². The molecule has 3 rings (SSSR count). The second-order valence-electron chi connectivity index (χ2n) is 6.43. The van der Waals surface area contributed by atoms with Gasteiger partial charge in [0.15, 0.2) is 0 Å². The number of hydrogen-bond acceptors (Lipinski definition) is 6. The van der Waals surface area contributed by atoms with Crippen LogP contribution in [0.4, 0.5) is 0 Å². The highest BCUT2D eigenvalue weighted by molar-refractivity contribution is 7.20. The van der Waals surface area contributed by atoms with Crippen LogP contribution in [0, 0.1) is 6.92 Å². The molecule has 0 radical (unpaired) electrons. The topological polar surface area (TPSA) is 95.1 Å².